The molecule has 35 heavy (non-hydrogen) atoms. The Morgan fingerprint density at radius 2 is 1.57 bits per heavy atom. The van der Waals surface area contributed by atoms with Crippen molar-refractivity contribution in [3.8, 4) is 5.75 Å². The van der Waals surface area contributed by atoms with Crippen LogP contribution in [0.5, 0.6) is 5.75 Å². The van der Waals surface area contributed by atoms with E-state index >= 15 is 0 Å². The van der Waals surface area contributed by atoms with Gasteiger partial charge in [0.2, 0.25) is 0 Å². The van der Waals surface area contributed by atoms with Gasteiger partial charge < -0.3 is 4.74 Å². The van der Waals surface area contributed by atoms with Gasteiger partial charge in [-0.15, -0.1) is 0 Å². The quantitative estimate of drug-likeness (QED) is 0.144. The second kappa shape index (κ2) is 12.9. The zero-order valence-electron chi connectivity index (χ0n) is 21.4. The average molecular weight is 509 g/mol. The zero-order chi connectivity index (χ0) is 24.8. The molecule has 3 aliphatic rings. The fraction of sp³-hybridized carbons (Fsp3) is 0.767. The van der Waals surface area contributed by atoms with Crippen molar-refractivity contribution >= 4 is 17.6 Å². The van der Waals surface area contributed by atoms with Crippen LogP contribution < -0.4 is 4.74 Å². The number of rotatable bonds is 9. The van der Waals surface area contributed by atoms with Crippen molar-refractivity contribution < 1.29 is 18.3 Å². The van der Waals surface area contributed by atoms with Crippen LogP contribution in [0.25, 0.3) is 0 Å². The first kappa shape index (κ1) is 26.9. The standard InChI is InChI=1S/C30H43ClF2O2/c1-2-3-4-5-6-8-20-11-13-21(14-12-20)22-15-16-25-23(17-22)9-7-10-26(25)30(34)35-24-18-27(32)29(31)28(33)19-24/h18-23,25-26H,2-17H2,1H3. The predicted molar refractivity (Wildman–Crippen MR) is 137 cm³/mol. The summed E-state index contributed by atoms with van der Waals surface area (Å²) in [7, 11) is 0. The molecular weight excluding hydrogens is 466 g/mol. The van der Waals surface area contributed by atoms with Crippen LogP contribution in [0.2, 0.25) is 5.02 Å². The fourth-order valence-electron chi connectivity index (χ4n) is 7.49. The summed E-state index contributed by atoms with van der Waals surface area (Å²) in [5.41, 5.74) is 0. The molecule has 3 saturated carbocycles. The Hall–Kier alpha value is -1.16. The maximum absolute atomic E-state index is 13.8. The third-order valence-corrected chi connectivity index (χ3v) is 9.80. The molecule has 3 fully saturated rings. The third kappa shape index (κ3) is 6.99. The van der Waals surface area contributed by atoms with Gasteiger partial charge in [0.25, 0.3) is 0 Å². The zero-order valence-corrected chi connectivity index (χ0v) is 22.1. The van der Waals surface area contributed by atoms with Gasteiger partial charge in [0.15, 0.2) is 0 Å². The van der Waals surface area contributed by atoms with Gasteiger partial charge in [-0.1, -0.05) is 82.7 Å². The number of carbonyl (C=O) groups is 1. The molecule has 0 heterocycles. The molecule has 0 spiro atoms. The molecule has 1 aromatic carbocycles. The Morgan fingerprint density at radius 3 is 2.29 bits per heavy atom. The van der Waals surface area contributed by atoms with Gasteiger partial charge in [-0.2, -0.15) is 0 Å². The van der Waals surface area contributed by atoms with E-state index in [4.69, 9.17) is 16.3 Å². The minimum absolute atomic E-state index is 0.0904. The van der Waals surface area contributed by atoms with Crippen molar-refractivity contribution in [3.05, 3.63) is 28.8 Å². The number of hydrogen-bond donors (Lipinski definition) is 0. The summed E-state index contributed by atoms with van der Waals surface area (Å²) in [6.45, 7) is 2.28. The lowest BCUT2D eigenvalue weighted by atomic mass is 9.59. The van der Waals surface area contributed by atoms with Crippen molar-refractivity contribution in [2.75, 3.05) is 0 Å². The highest BCUT2D eigenvalue weighted by molar-refractivity contribution is 6.30. The summed E-state index contributed by atoms with van der Waals surface area (Å²) in [6.07, 6.45) is 20.5. The largest absolute Gasteiger partial charge is 0.426 e. The minimum atomic E-state index is -0.900. The molecule has 2 nitrogen and oxygen atoms in total. The van der Waals surface area contributed by atoms with E-state index in [2.05, 4.69) is 6.92 Å². The Kier molecular flexibility index (Phi) is 9.90. The first-order valence-electron chi connectivity index (χ1n) is 14.3. The molecule has 0 bridgehead atoms. The van der Waals surface area contributed by atoms with E-state index in [1.807, 2.05) is 0 Å². The van der Waals surface area contributed by atoms with Crippen molar-refractivity contribution in [1.29, 1.82) is 0 Å². The fourth-order valence-corrected chi connectivity index (χ4v) is 7.60. The highest BCUT2D eigenvalue weighted by atomic mass is 35.5. The lowest BCUT2D eigenvalue weighted by Crippen LogP contribution is -2.40. The van der Waals surface area contributed by atoms with Gasteiger partial charge in [-0.3, -0.25) is 4.79 Å². The molecule has 1 aromatic rings. The lowest BCUT2D eigenvalue weighted by Gasteiger charge is -2.46. The van der Waals surface area contributed by atoms with Gasteiger partial charge in [0.1, 0.15) is 22.4 Å². The Balaban J connectivity index is 1.25. The minimum Gasteiger partial charge on any atom is -0.426 e. The smallest absolute Gasteiger partial charge is 0.314 e. The van der Waals surface area contributed by atoms with Gasteiger partial charge in [-0.25, -0.2) is 8.78 Å². The summed E-state index contributed by atoms with van der Waals surface area (Å²) in [6, 6.07) is 2.00. The molecule has 0 radical (unpaired) electrons. The van der Waals surface area contributed by atoms with Crippen molar-refractivity contribution in [2.24, 2.45) is 35.5 Å². The maximum atomic E-state index is 13.8. The van der Waals surface area contributed by atoms with Gasteiger partial charge in [0, 0.05) is 12.1 Å². The van der Waals surface area contributed by atoms with Gasteiger partial charge in [-0.05, 0) is 68.1 Å². The van der Waals surface area contributed by atoms with Gasteiger partial charge >= 0.3 is 5.97 Å². The molecule has 0 amide bonds. The Labute approximate surface area is 215 Å². The first-order chi connectivity index (χ1) is 17.0. The number of unbranched alkanes of at least 4 members (excludes halogenated alkanes) is 4. The van der Waals surface area contributed by atoms with Gasteiger partial charge in [0.05, 0.1) is 5.92 Å². The number of fused-ring (bicyclic) bond motifs is 1. The summed E-state index contributed by atoms with van der Waals surface area (Å²) in [4.78, 5) is 13.0. The van der Waals surface area contributed by atoms with Crippen LogP contribution in [0.15, 0.2) is 12.1 Å². The van der Waals surface area contributed by atoms with E-state index in [1.54, 1.807) is 0 Å². The highest BCUT2D eigenvalue weighted by Gasteiger charge is 2.43. The summed E-state index contributed by atoms with van der Waals surface area (Å²) < 4.78 is 33.0. The number of ether oxygens (including phenoxy) is 1. The van der Waals surface area contributed by atoms with Crippen molar-refractivity contribution in [3.63, 3.8) is 0 Å². The lowest BCUT2D eigenvalue weighted by molar-refractivity contribution is -0.144. The summed E-state index contributed by atoms with van der Waals surface area (Å²) in [5, 5.41) is -0.568. The number of halogens is 3. The molecule has 4 atom stereocenters. The second-order valence-corrected chi connectivity index (χ2v) is 12.0. The molecule has 196 valence electrons. The second-order valence-electron chi connectivity index (χ2n) is 11.6. The van der Waals surface area contributed by atoms with Crippen molar-refractivity contribution in [2.45, 2.75) is 110 Å². The molecule has 0 N–H and O–H groups in total. The average Bonchev–Trinajstić information content (AvgIpc) is 2.86. The number of benzene rings is 1. The van der Waals surface area contributed by atoms with E-state index < -0.39 is 16.7 Å². The van der Waals surface area contributed by atoms with Crippen LogP contribution >= 0.6 is 11.6 Å². The van der Waals surface area contributed by atoms with E-state index in [9.17, 15) is 13.6 Å². The van der Waals surface area contributed by atoms with Crippen LogP contribution in [0.4, 0.5) is 8.78 Å². The molecule has 0 aliphatic heterocycles. The predicted octanol–water partition coefficient (Wildman–Crippen LogP) is 9.52. The van der Waals surface area contributed by atoms with Crippen LogP contribution in [0, 0.1) is 47.1 Å². The van der Waals surface area contributed by atoms with Crippen molar-refractivity contribution in [1.82, 2.24) is 0 Å². The number of hydrogen-bond acceptors (Lipinski definition) is 2. The SMILES string of the molecule is CCCCCCCC1CCC(C2CCC3C(CCCC3C(=O)Oc3cc(F)c(Cl)c(F)c3)C2)CC1. The Morgan fingerprint density at radius 1 is 0.886 bits per heavy atom. The van der Waals surface area contributed by atoms with Crippen LogP contribution in [0.1, 0.15) is 110 Å². The van der Waals surface area contributed by atoms with E-state index in [-0.39, 0.29) is 17.6 Å². The number of carbonyl (C=O) groups excluding carboxylic acids is 1. The van der Waals surface area contributed by atoms with E-state index in [0.29, 0.717) is 11.8 Å². The van der Waals surface area contributed by atoms with Crippen LogP contribution in [-0.2, 0) is 4.79 Å². The molecular formula is C30H43ClF2O2. The Bertz CT molecular complexity index is 813. The van der Waals surface area contributed by atoms with Crippen LogP contribution in [-0.4, -0.2) is 5.97 Å². The summed E-state index contributed by atoms with van der Waals surface area (Å²) >= 11 is 5.56. The molecule has 4 unspecified atom stereocenters. The monoisotopic (exact) mass is 508 g/mol. The topological polar surface area (TPSA) is 26.3 Å². The first-order valence-corrected chi connectivity index (χ1v) is 14.7. The third-order valence-electron chi connectivity index (χ3n) is 9.44. The summed E-state index contributed by atoms with van der Waals surface area (Å²) in [5.74, 6) is 1.14. The molecule has 4 rings (SSSR count). The number of esters is 1. The normalized spacial score (nSPS) is 31.1. The van der Waals surface area contributed by atoms with E-state index in [0.717, 1.165) is 49.1 Å². The highest BCUT2D eigenvalue weighted by Crippen LogP contribution is 2.50. The van der Waals surface area contributed by atoms with Crippen LogP contribution in [0.3, 0.4) is 0 Å². The molecule has 0 aromatic heterocycles. The molecule has 3 aliphatic carbocycles. The van der Waals surface area contributed by atoms with E-state index in [1.165, 1.54) is 83.5 Å². The molecule has 0 saturated heterocycles. The maximum Gasteiger partial charge on any atom is 0.314 e. The molecule has 5 heteroatoms.